The minimum atomic E-state index is -0.403. The Hall–Kier alpha value is -1.55. The molecule has 1 amide bonds. The third-order valence-electron chi connectivity index (χ3n) is 3.13. The summed E-state index contributed by atoms with van der Waals surface area (Å²) < 4.78 is 5.70. The summed E-state index contributed by atoms with van der Waals surface area (Å²) in [5.41, 5.74) is 1.54. The number of hydrogen-bond donors (Lipinski definition) is 1. The summed E-state index contributed by atoms with van der Waals surface area (Å²) in [5.74, 6) is 0.711. The molecule has 1 aromatic carbocycles. The molecule has 1 aliphatic heterocycles. The molecule has 1 unspecified atom stereocenters. The average molecular weight is 249 g/mol. The van der Waals surface area contributed by atoms with Crippen molar-refractivity contribution in [2.24, 2.45) is 0 Å². The third kappa shape index (κ3) is 2.08. The third-order valence-corrected chi connectivity index (χ3v) is 3.13. The van der Waals surface area contributed by atoms with Crippen molar-refractivity contribution in [1.29, 1.82) is 0 Å². The molecule has 18 heavy (non-hydrogen) atoms. The highest BCUT2D eigenvalue weighted by molar-refractivity contribution is 6.00. The van der Waals surface area contributed by atoms with Crippen LogP contribution in [0.3, 0.4) is 0 Å². The molecule has 0 aliphatic carbocycles. The normalized spacial score (nSPS) is 18.8. The Kier molecular flexibility index (Phi) is 3.57. The highest BCUT2D eigenvalue weighted by Crippen LogP contribution is 2.36. The van der Waals surface area contributed by atoms with E-state index >= 15 is 0 Å². The van der Waals surface area contributed by atoms with Crippen molar-refractivity contribution in [3.8, 4) is 5.75 Å². The Bertz CT molecular complexity index is 456. The maximum absolute atomic E-state index is 12.3. The molecular weight excluding hydrogens is 230 g/mol. The molecule has 0 fully saturated rings. The van der Waals surface area contributed by atoms with Crippen LogP contribution in [0.2, 0.25) is 0 Å². The van der Waals surface area contributed by atoms with Gasteiger partial charge in [0.1, 0.15) is 5.75 Å². The molecule has 0 bridgehead atoms. The van der Waals surface area contributed by atoms with Gasteiger partial charge in [0.15, 0.2) is 6.10 Å². The summed E-state index contributed by atoms with van der Waals surface area (Å²) in [4.78, 5) is 14.1. The first-order valence-electron chi connectivity index (χ1n) is 6.32. The molecule has 1 aromatic rings. The fourth-order valence-electron chi connectivity index (χ4n) is 2.22. The van der Waals surface area contributed by atoms with Crippen molar-refractivity contribution in [2.45, 2.75) is 45.9 Å². The van der Waals surface area contributed by atoms with E-state index in [4.69, 9.17) is 4.74 Å². The number of carbonyl (C=O) groups excluding carboxylic acids is 1. The maximum Gasteiger partial charge on any atom is 0.268 e. The largest absolute Gasteiger partial charge is 0.478 e. The first kappa shape index (κ1) is 12.9. The molecule has 2 rings (SSSR count). The predicted octanol–water partition coefficient (Wildman–Crippen LogP) is 2.09. The molecule has 4 heteroatoms. The lowest BCUT2D eigenvalue weighted by atomic mass is 10.1. The van der Waals surface area contributed by atoms with Crippen molar-refractivity contribution in [3.05, 3.63) is 23.8 Å². The molecule has 0 radical (unpaired) electrons. The van der Waals surface area contributed by atoms with Gasteiger partial charge in [-0.05, 0) is 38.0 Å². The van der Waals surface area contributed by atoms with E-state index in [9.17, 15) is 9.90 Å². The van der Waals surface area contributed by atoms with Gasteiger partial charge < -0.3 is 14.7 Å². The zero-order chi connectivity index (χ0) is 13.3. The van der Waals surface area contributed by atoms with Gasteiger partial charge in [0.05, 0.1) is 12.3 Å². The van der Waals surface area contributed by atoms with Crippen LogP contribution in [0.15, 0.2) is 18.2 Å². The molecule has 98 valence electrons. The van der Waals surface area contributed by atoms with Crippen LogP contribution in [0.25, 0.3) is 0 Å². The minimum absolute atomic E-state index is 0.00455. The number of amides is 1. The van der Waals surface area contributed by atoms with E-state index in [-0.39, 0.29) is 18.6 Å². The predicted molar refractivity (Wildman–Crippen MR) is 69.7 cm³/mol. The Morgan fingerprint density at radius 2 is 2.17 bits per heavy atom. The fraction of sp³-hybridized carbons (Fsp3) is 0.500. The maximum atomic E-state index is 12.3. The number of ether oxygens (including phenoxy) is 1. The van der Waals surface area contributed by atoms with E-state index in [0.29, 0.717) is 12.2 Å². The van der Waals surface area contributed by atoms with Crippen LogP contribution in [0.4, 0.5) is 5.69 Å². The monoisotopic (exact) mass is 249 g/mol. The standard InChI is InChI=1S/C14H19NO3/c1-4-12-14(17)15(9(2)3)11-7-10(8-16)5-6-13(11)18-12/h5-7,9,12,16H,4,8H2,1-3H3. The van der Waals surface area contributed by atoms with Gasteiger partial charge in [-0.3, -0.25) is 4.79 Å². The summed E-state index contributed by atoms with van der Waals surface area (Å²) >= 11 is 0. The summed E-state index contributed by atoms with van der Waals surface area (Å²) in [7, 11) is 0. The van der Waals surface area contributed by atoms with E-state index in [2.05, 4.69) is 0 Å². The first-order chi connectivity index (χ1) is 8.58. The van der Waals surface area contributed by atoms with Crippen LogP contribution >= 0.6 is 0 Å². The molecule has 1 N–H and O–H groups in total. The van der Waals surface area contributed by atoms with Gasteiger partial charge in [0.2, 0.25) is 0 Å². The van der Waals surface area contributed by atoms with Crippen LogP contribution in [-0.4, -0.2) is 23.2 Å². The quantitative estimate of drug-likeness (QED) is 0.892. The van der Waals surface area contributed by atoms with Crippen molar-refractivity contribution in [3.63, 3.8) is 0 Å². The number of hydrogen-bond acceptors (Lipinski definition) is 3. The molecule has 0 saturated heterocycles. The number of aliphatic hydroxyl groups excluding tert-OH is 1. The van der Waals surface area contributed by atoms with Gasteiger partial charge in [0, 0.05) is 6.04 Å². The summed E-state index contributed by atoms with van der Waals surface area (Å²) in [6.45, 7) is 5.86. The van der Waals surface area contributed by atoms with Gasteiger partial charge in [0.25, 0.3) is 5.91 Å². The first-order valence-corrected chi connectivity index (χ1v) is 6.32. The highest BCUT2D eigenvalue weighted by atomic mass is 16.5. The second-order valence-electron chi connectivity index (χ2n) is 4.78. The number of fused-ring (bicyclic) bond motifs is 1. The Morgan fingerprint density at radius 3 is 2.72 bits per heavy atom. The second kappa shape index (κ2) is 4.98. The molecule has 0 spiro atoms. The molecule has 4 nitrogen and oxygen atoms in total. The van der Waals surface area contributed by atoms with Gasteiger partial charge in [-0.1, -0.05) is 13.0 Å². The second-order valence-corrected chi connectivity index (χ2v) is 4.78. The lowest BCUT2D eigenvalue weighted by Gasteiger charge is -2.36. The van der Waals surface area contributed by atoms with E-state index in [1.54, 1.807) is 4.90 Å². The molecule has 1 aliphatic rings. The molecular formula is C14H19NO3. The van der Waals surface area contributed by atoms with E-state index in [1.165, 1.54) is 0 Å². The molecule has 1 heterocycles. The Morgan fingerprint density at radius 1 is 1.44 bits per heavy atom. The number of anilines is 1. The summed E-state index contributed by atoms with van der Waals surface area (Å²) in [5, 5.41) is 9.18. The number of benzene rings is 1. The highest BCUT2D eigenvalue weighted by Gasteiger charge is 2.34. The fourth-order valence-corrected chi connectivity index (χ4v) is 2.22. The van der Waals surface area contributed by atoms with Crippen LogP contribution < -0.4 is 9.64 Å². The van der Waals surface area contributed by atoms with Crippen molar-refractivity contribution >= 4 is 11.6 Å². The molecule has 0 aromatic heterocycles. The number of carbonyl (C=O) groups is 1. The number of nitrogens with zero attached hydrogens (tertiary/aromatic N) is 1. The van der Waals surface area contributed by atoms with Crippen molar-refractivity contribution < 1.29 is 14.6 Å². The van der Waals surface area contributed by atoms with Crippen LogP contribution in [0.1, 0.15) is 32.8 Å². The number of rotatable bonds is 3. The van der Waals surface area contributed by atoms with Crippen LogP contribution in [-0.2, 0) is 11.4 Å². The van der Waals surface area contributed by atoms with Crippen LogP contribution in [0.5, 0.6) is 5.75 Å². The van der Waals surface area contributed by atoms with Gasteiger partial charge >= 0.3 is 0 Å². The van der Waals surface area contributed by atoms with E-state index < -0.39 is 6.10 Å². The van der Waals surface area contributed by atoms with E-state index in [1.807, 2.05) is 39.0 Å². The smallest absolute Gasteiger partial charge is 0.268 e. The SMILES string of the molecule is CCC1Oc2ccc(CO)cc2N(C(C)C)C1=O. The number of aliphatic hydroxyl groups is 1. The zero-order valence-electron chi connectivity index (χ0n) is 11.0. The minimum Gasteiger partial charge on any atom is -0.478 e. The van der Waals surface area contributed by atoms with Gasteiger partial charge in [-0.2, -0.15) is 0 Å². The van der Waals surface area contributed by atoms with Gasteiger partial charge in [-0.15, -0.1) is 0 Å². The Balaban J connectivity index is 2.49. The summed E-state index contributed by atoms with van der Waals surface area (Å²) in [6, 6.07) is 5.53. The topological polar surface area (TPSA) is 49.8 Å². The van der Waals surface area contributed by atoms with Crippen LogP contribution in [0, 0.1) is 0 Å². The lowest BCUT2D eigenvalue weighted by Crippen LogP contribution is -2.48. The van der Waals surface area contributed by atoms with Gasteiger partial charge in [-0.25, -0.2) is 0 Å². The van der Waals surface area contributed by atoms with Crippen molar-refractivity contribution in [1.82, 2.24) is 0 Å². The zero-order valence-corrected chi connectivity index (χ0v) is 11.0. The van der Waals surface area contributed by atoms with E-state index in [0.717, 1.165) is 11.3 Å². The average Bonchev–Trinajstić information content (AvgIpc) is 2.36. The molecule has 0 saturated carbocycles. The lowest BCUT2D eigenvalue weighted by molar-refractivity contribution is -0.126. The molecule has 1 atom stereocenters. The Labute approximate surface area is 107 Å². The van der Waals surface area contributed by atoms with Crippen molar-refractivity contribution in [2.75, 3.05) is 4.90 Å². The summed E-state index contributed by atoms with van der Waals surface area (Å²) in [6.07, 6.45) is 0.253.